The van der Waals surface area contributed by atoms with Crippen LogP contribution in [0, 0.1) is 0 Å². The molecule has 0 saturated carbocycles. The van der Waals surface area contributed by atoms with E-state index < -0.39 is 0 Å². The van der Waals surface area contributed by atoms with E-state index in [4.69, 9.17) is 0 Å². The van der Waals surface area contributed by atoms with Crippen LogP contribution in [0.5, 0.6) is 0 Å². The van der Waals surface area contributed by atoms with Crippen molar-refractivity contribution in [3.63, 3.8) is 0 Å². The van der Waals surface area contributed by atoms with Crippen molar-refractivity contribution in [2.75, 3.05) is 40.3 Å². The lowest BCUT2D eigenvalue weighted by Gasteiger charge is -2.34. The van der Waals surface area contributed by atoms with Crippen LogP contribution in [0.15, 0.2) is 0 Å². The van der Waals surface area contributed by atoms with Crippen molar-refractivity contribution in [2.24, 2.45) is 7.05 Å². The number of carbonyl (C=O) groups excluding carboxylic acids is 1. The highest BCUT2D eigenvalue weighted by Crippen LogP contribution is 2.27. The van der Waals surface area contributed by atoms with E-state index in [2.05, 4.69) is 26.7 Å². The molecule has 3 rings (SSSR count). The number of carbonyl (C=O) groups is 1. The molecule has 0 bridgehead atoms. The maximum absolute atomic E-state index is 12.4. The van der Waals surface area contributed by atoms with Crippen molar-refractivity contribution in [3.05, 3.63) is 11.6 Å². The van der Waals surface area contributed by atoms with Crippen LogP contribution in [0.25, 0.3) is 0 Å². The Hall–Kier alpha value is -1.63. The summed E-state index contributed by atoms with van der Waals surface area (Å²) in [5.74, 6) is 2.47. The standard InChI is InChI=1S/C16H28N6O/c1-19(2)12-14-17-18-15(20(14)3)13-6-10-22(11-7-13)16(23)21-8-4-5-9-21/h13H,4-12H2,1-3H3. The molecule has 0 aromatic carbocycles. The third kappa shape index (κ3) is 3.49. The summed E-state index contributed by atoms with van der Waals surface area (Å²) in [4.78, 5) is 18.6. The Morgan fingerprint density at radius 1 is 1.09 bits per heavy atom. The van der Waals surface area contributed by atoms with E-state index in [0.717, 1.165) is 70.1 Å². The van der Waals surface area contributed by atoms with Crippen LogP contribution in [-0.2, 0) is 13.6 Å². The number of hydrogen-bond acceptors (Lipinski definition) is 4. The Labute approximate surface area is 138 Å². The lowest BCUT2D eigenvalue weighted by Crippen LogP contribution is -2.45. The minimum absolute atomic E-state index is 0.229. The second-order valence-corrected chi connectivity index (χ2v) is 7.01. The van der Waals surface area contributed by atoms with Crippen LogP contribution in [0.4, 0.5) is 4.79 Å². The number of piperidine rings is 1. The molecule has 1 aromatic rings. The van der Waals surface area contributed by atoms with Gasteiger partial charge in [0.15, 0.2) is 0 Å². The van der Waals surface area contributed by atoms with Crippen LogP contribution < -0.4 is 0 Å². The second kappa shape index (κ2) is 6.86. The molecular formula is C16H28N6O. The van der Waals surface area contributed by atoms with Gasteiger partial charge >= 0.3 is 6.03 Å². The molecule has 0 radical (unpaired) electrons. The van der Waals surface area contributed by atoms with Crippen molar-refractivity contribution in [2.45, 2.75) is 38.1 Å². The number of nitrogens with zero attached hydrogens (tertiary/aromatic N) is 6. The smallest absolute Gasteiger partial charge is 0.319 e. The topological polar surface area (TPSA) is 57.5 Å². The van der Waals surface area contributed by atoms with Gasteiger partial charge in [0.1, 0.15) is 11.6 Å². The first-order valence-electron chi connectivity index (χ1n) is 8.63. The minimum Gasteiger partial charge on any atom is -0.325 e. The summed E-state index contributed by atoms with van der Waals surface area (Å²) >= 11 is 0. The van der Waals surface area contributed by atoms with Gasteiger partial charge in [-0.3, -0.25) is 0 Å². The van der Waals surface area contributed by atoms with E-state index in [1.54, 1.807) is 0 Å². The number of rotatable bonds is 3. The van der Waals surface area contributed by atoms with E-state index in [1.165, 1.54) is 0 Å². The summed E-state index contributed by atoms with van der Waals surface area (Å²) in [6.45, 7) is 4.31. The first kappa shape index (κ1) is 16.2. The summed E-state index contributed by atoms with van der Waals surface area (Å²) in [5, 5.41) is 8.74. The summed E-state index contributed by atoms with van der Waals surface area (Å²) < 4.78 is 2.13. The van der Waals surface area contributed by atoms with Crippen LogP contribution >= 0.6 is 0 Å². The summed E-state index contributed by atoms with van der Waals surface area (Å²) in [7, 11) is 6.13. The summed E-state index contributed by atoms with van der Waals surface area (Å²) in [5.41, 5.74) is 0. The predicted molar refractivity (Wildman–Crippen MR) is 88.1 cm³/mol. The van der Waals surface area contributed by atoms with Gasteiger partial charge in [-0.05, 0) is 39.8 Å². The van der Waals surface area contributed by atoms with Gasteiger partial charge < -0.3 is 19.3 Å². The average Bonchev–Trinajstić information content (AvgIpc) is 3.18. The van der Waals surface area contributed by atoms with Crippen LogP contribution in [0.2, 0.25) is 0 Å². The summed E-state index contributed by atoms with van der Waals surface area (Å²) in [6.07, 6.45) is 4.26. The van der Waals surface area contributed by atoms with Crippen LogP contribution in [0.1, 0.15) is 43.3 Å². The normalized spacial score (nSPS) is 19.8. The number of aromatic nitrogens is 3. The monoisotopic (exact) mass is 320 g/mol. The third-order valence-electron chi connectivity index (χ3n) is 4.96. The van der Waals surface area contributed by atoms with Crippen LogP contribution in [-0.4, -0.2) is 75.8 Å². The molecule has 2 saturated heterocycles. The van der Waals surface area contributed by atoms with Gasteiger partial charge in [-0.15, -0.1) is 10.2 Å². The number of amides is 2. The lowest BCUT2D eigenvalue weighted by atomic mass is 9.96. The first-order valence-corrected chi connectivity index (χ1v) is 8.63. The lowest BCUT2D eigenvalue weighted by molar-refractivity contribution is 0.147. The van der Waals surface area contributed by atoms with Gasteiger partial charge in [0.05, 0.1) is 6.54 Å². The maximum Gasteiger partial charge on any atom is 0.319 e. The fourth-order valence-electron chi connectivity index (χ4n) is 3.59. The predicted octanol–water partition coefficient (Wildman–Crippen LogP) is 1.27. The molecule has 1 aromatic heterocycles. The third-order valence-corrected chi connectivity index (χ3v) is 4.96. The largest absolute Gasteiger partial charge is 0.325 e. The Bertz CT molecular complexity index is 541. The number of hydrogen-bond donors (Lipinski definition) is 0. The van der Waals surface area contributed by atoms with Gasteiger partial charge in [-0.25, -0.2) is 4.79 Å². The Kier molecular flexibility index (Phi) is 4.84. The van der Waals surface area contributed by atoms with Crippen molar-refractivity contribution in [3.8, 4) is 0 Å². The quantitative estimate of drug-likeness (QED) is 0.842. The molecule has 2 aliphatic heterocycles. The molecule has 7 heteroatoms. The molecule has 2 amide bonds. The highest BCUT2D eigenvalue weighted by Gasteiger charge is 2.30. The van der Waals surface area contributed by atoms with E-state index in [-0.39, 0.29) is 6.03 Å². The highest BCUT2D eigenvalue weighted by molar-refractivity contribution is 5.74. The van der Waals surface area contributed by atoms with Crippen LogP contribution in [0.3, 0.4) is 0 Å². The molecule has 23 heavy (non-hydrogen) atoms. The van der Waals surface area contributed by atoms with Gasteiger partial charge in [-0.2, -0.15) is 0 Å². The van der Waals surface area contributed by atoms with E-state index in [1.807, 2.05) is 23.9 Å². The van der Waals surface area contributed by atoms with Gasteiger partial charge in [0, 0.05) is 39.1 Å². The Morgan fingerprint density at radius 2 is 1.70 bits per heavy atom. The second-order valence-electron chi connectivity index (χ2n) is 7.01. The number of urea groups is 1. The fraction of sp³-hybridized carbons (Fsp3) is 0.812. The van der Waals surface area contributed by atoms with Crippen molar-refractivity contribution >= 4 is 6.03 Å². The molecule has 7 nitrogen and oxygen atoms in total. The van der Waals surface area contributed by atoms with Gasteiger partial charge in [-0.1, -0.05) is 0 Å². The van der Waals surface area contributed by atoms with E-state index in [0.29, 0.717) is 5.92 Å². The van der Waals surface area contributed by atoms with E-state index in [9.17, 15) is 4.79 Å². The zero-order valence-corrected chi connectivity index (χ0v) is 14.5. The zero-order chi connectivity index (χ0) is 16.4. The van der Waals surface area contributed by atoms with E-state index >= 15 is 0 Å². The molecular weight excluding hydrogens is 292 g/mol. The first-order chi connectivity index (χ1) is 11.1. The van der Waals surface area contributed by atoms with Gasteiger partial charge in [0.25, 0.3) is 0 Å². The molecule has 0 aliphatic carbocycles. The van der Waals surface area contributed by atoms with Crippen molar-refractivity contribution in [1.82, 2.24) is 29.5 Å². The molecule has 0 spiro atoms. The minimum atomic E-state index is 0.229. The van der Waals surface area contributed by atoms with Crippen molar-refractivity contribution < 1.29 is 4.79 Å². The molecule has 2 fully saturated rings. The molecule has 0 unspecified atom stereocenters. The molecule has 0 N–H and O–H groups in total. The van der Waals surface area contributed by atoms with Crippen molar-refractivity contribution in [1.29, 1.82) is 0 Å². The zero-order valence-electron chi connectivity index (χ0n) is 14.5. The molecule has 0 atom stereocenters. The average molecular weight is 320 g/mol. The fourth-order valence-corrected chi connectivity index (χ4v) is 3.59. The Morgan fingerprint density at radius 3 is 2.30 bits per heavy atom. The molecule has 2 aliphatic rings. The molecule has 128 valence electrons. The highest BCUT2D eigenvalue weighted by atomic mass is 16.2. The number of likely N-dealkylation sites (tertiary alicyclic amines) is 2. The Balaban J connectivity index is 1.58. The maximum atomic E-state index is 12.4. The SMILES string of the molecule is CN(C)Cc1nnc(C2CCN(C(=O)N3CCCC3)CC2)n1C. The summed E-state index contributed by atoms with van der Waals surface area (Å²) in [6, 6.07) is 0.229. The van der Waals surface area contributed by atoms with Gasteiger partial charge in [0.2, 0.25) is 0 Å². The molecule has 3 heterocycles.